The summed E-state index contributed by atoms with van der Waals surface area (Å²) in [5.41, 5.74) is 0. The van der Waals surface area contributed by atoms with Crippen LogP contribution >= 0.6 is 11.8 Å². The first-order valence-corrected chi connectivity index (χ1v) is 8.71. The minimum Gasteiger partial charge on any atom is -0.316 e. The average molecular weight is 272 g/mol. The lowest BCUT2D eigenvalue weighted by Crippen LogP contribution is -2.28. The molecule has 1 fully saturated rings. The van der Waals surface area contributed by atoms with Crippen molar-refractivity contribution in [2.45, 2.75) is 65.0 Å². The van der Waals surface area contributed by atoms with Crippen molar-refractivity contribution in [1.29, 1.82) is 0 Å². The summed E-state index contributed by atoms with van der Waals surface area (Å²) in [7, 11) is 0. The first-order valence-electron chi connectivity index (χ1n) is 7.73. The van der Waals surface area contributed by atoms with Crippen molar-refractivity contribution in [3.8, 4) is 0 Å². The summed E-state index contributed by atoms with van der Waals surface area (Å²) in [6.07, 6.45) is 5.81. The summed E-state index contributed by atoms with van der Waals surface area (Å²) >= 11 is 2.13. The maximum atomic E-state index is 3.66. The third-order valence-corrected chi connectivity index (χ3v) is 5.11. The first kappa shape index (κ1) is 16.4. The summed E-state index contributed by atoms with van der Waals surface area (Å²) in [6, 6.07) is 0. The van der Waals surface area contributed by atoms with E-state index in [-0.39, 0.29) is 0 Å². The Morgan fingerprint density at radius 1 is 1.17 bits per heavy atom. The van der Waals surface area contributed by atoms with Crippen molar-refractivity contribution >= 4 is 11.8 Å². The van der Waals surface area contributed by atoms with Crippen molar-refractivity contribution in [1.82, 2.24) is 5.32 Å². The van der Waals surface area contributed by atoms with E-state index < -0.39 is 0 Å². The molecule has 0 aromatic heterocycles. The third kappa shape index (κ3) is 7.04. The van der Waals surface area contributed by atoms with Gasteiger partial charge in [-0.3, -0.25) is 0 Å². The summed E-state index contributed by atoms with van der Waals surface area (Å²) < 4.78 is 0.435. The van der Waals surface area contributed by atoms with Gasteiger partial charge in [-0.25, -0.2) is 0 Å². The molecule has 1 aliphatic rings. The standard InChI is InChI=1S/C16H33NS/c1-13(2)11-17-12-15-8-6-7-14(15)9-10-18-16(3,4)5/h13-15,17H,6-12H2,1-5H3. The zero-order valence-electron chi connectivity index (χ0n) is 13.1. The van der Waals surface area contributed by atoms with Gasteiger partial charge in [-0.15, -0.1) is 0 Å². The Hall–Kier alpha value is 0.310. The molecular formula is C16H33NS. The quantitative estimate of drug-likeness (QED) is 0.728. The van der Waals surface area contributed by atoms with E-state index in [0.29, 0.717) is 4.75 Å². The SMILES string of the molecule is CC(C)CNCC1CCCC1CCSC(C)(C)C. The zero-order valence-corrected chi connectivity index (χ0v) is 13.9. The van der Waals surface area contributed by atoms with E-state index >= 15 is 0 Å². The Balaban J connectivity index is 2.19. The molecule has 1 saturated carbocycles. The Morgan fingerprint density at radius 3 is 2.44 bits per heavy atom. The van der Waals surface area contributed by atoms with Crippen LogP contribution in [0.15, 0.2) is 0 Å². The number of hydrogen-bond donors (Lipinski definition) is 1. The molecule has 0 aliphatic heterocycles. The molecule has 1 aliphatic carbocycles. The fourth-order valence-electron chi connectivity index (χ4n) is 2.84. The van der Waals surface area contributed by atoms with E-state index in [1.165, 1.54) is 44.5 Å². The molecule has 0 saturated heterocycles. The maximum Gasteiger partial charge on any atom is 0.00750 e. The fourth-order valence-corrected chi connectivity index (χ4v) is 3.87. The van der Waals surface area contributed by atoms with Crippen LogP contribution < -0.4 is 5.32 Å². The first-order chi connectivity index (χ1) is 8.38. The minimum absolute atomic E-state index is 0.435. The maximum absolute atomic E-state index is 3.66. The smallest absolute Gasteiger partial charge is 0.00750 e. The van der Waals surface area contributed by atoms with Crippen LogP contribution in [0.1, 0.15) is 60.3 Å². The van der Waals surface area contributed by atoms with Crippen LogP contribution in [0, 0.1) is 17.8 Å². The predicted molar refractivity (Wildman–Crippen MR) is 85.4 cm³/mol. The molecule has 1 N–H and O–H groups in total. The van der Waals surface area contributed by atoms with Crippen LogP contribution in [0.4, 0.5) is 0 Å². The zero-order chi connectivity index (χ0) is 13.6. The number of hydrogen-bond acceptors (Lipinski definition) is 2. The second kappa shape index (κ2) is 7.79. The van der Waals surface area contributed by atoms with Gasteiger partial charge >= 0.3 is 0 Å². The van der Waals surface area contributed by atoms with Gasteiger partial charge in [0.15, 0.2) is 0 Å². The van der Waals surface area contributed by atoms with Crippen LogP contribution in [-0.4, -0.2) is 23.6 Å². The average Bonchev–Trinajstić information content (AvgIpc) is 2.63. The van der Waals surface area contributed by atoms with Crippen LogP contribution in [0.2, 0.25) is 0 Å². The molecule has 18 heavy (non-hydrogen) atoms. The third-order valence-electron chi connectivity index (χ3n) is 3.80. The Kier molecular flexibility index (Phi) is 7.08. The molecule has 0 amide bonds. The fraction of sp³-hybridized carbons (Fsp3) is 1.00. The highest BCUT2D eigenvalue weighted by atomic mass is 32.2. The molecule has 2 heteroatoms. The van der Waals surface area contributed by atoms with E-state index in [1.54, 1.807) is 0 Å². The largest absolute Gasteiger partial charge is 0.316 e. The number of rotatable bonds is 7. The molecule has 0 bridgehead atoms. The van der Waals surface area contributed by atoms with Crippen LogP contribution in [0.3, 0.4) is 0 Å². The second-order valence-electron chi connectivity index (χ2n) is 7.25. The van der Waals surface area contributed by atoms with E-state index in [0.717, 1.165) is 17.8 Å². The lowest BCUT2D eigenvalue weighted by molar-refractivity contribution is 0.352. The molecule has 0 radical (unpaired) electrons. The summed E-state index contributed by atoms with van der Waals surface area (Å²) in [5, 5.41) is 3.66. The number of thioether (sulfide) groups is 1. The highest BCUT2D eigenvalue weighted by molar-refractivity contribution is 8.00. The van der Waals surface area contributed by atoms with E-state index in [4.69, 9.17) is 0 Å². The molecule has 108 valence electrons. The second-order valence-corrected chi connectivity index (χ2v) is 9.17. The van der Waals surface area contributed by atoms with Gasteiger partial charge in [-0.1, -0.05) is 47.5 Å². The van der Waals surface area contributed by atoms with Crippen molar-refractivity contribution in [2.75, 3.05) is 18.8 Å². The summed E-state index contributed by atoms with van der Waals surface area (Å²) in [6.45, 7) is 14.0. The van der Waals surface area contributed by atoms with Gasteiger partial charge in [-0.05, 0) is 49.4 Å². The normalized spacial score (nSPS) is 25.0. The lowest BCUT2D eigenvalue weighted by Gasteiger charge is -2.23. The molecule has 2 unspecified atom stereocenters. The summed E-state index contributed by atoms with van der Waals surface area (Å²) in [4.78, 5) is 0. The highest BCUT2D eigenvalue weighted by Crippen LogP contribution is 2.36. The van der Waals surface area contributed by atoms with Crippen molar-refractivity contribution in [3.05, 3.63) is 0 Å². The molecular weight excluding hydrogens is 238 g/mol. The molecule has 0 heterocycles. The van der Waals surface area contributed by atoms with Crippen molar-refractivity contribution in [3.63, 3.8) is 0 Å². The Morgan fingerprint density at radius 2 is 1.83 bits per heavy atom. The van der Waals surface area contributed by atoms with Crippen LogP contribution in [0.25, 0.3) is 0 Å². The monoisotopic (exact) mass is 271 g/mol. The summed E-state index contributed by atoms with van der Waals surface area (Å²) in [5.74, 6) is 4.06. The number of nitrogens with one attached hydrogen (secondary N) is 1. The van der Waals surface area contributed by atoms with Gasteiger partial charge < -0.3 is 5.32 Å². The Bertz CT molecular complexity index is 220. The molecule has 0 aromatic carbocycles. The van der Waals surface area contributed by atoms with Gasteiger partial charge in [0.05, 0.1) is 0 Å². The van der Waals surface area contributed by atoms with Crippen LogP contribution in [-0.2, 0) is 0 Å². The molecule has 1 nitrogen and oxygen atoms in total. The molecule has 1 rings (SSSR count). The Labute approximate surface area is 119 Å². The van der Waals surface area contributed by atoms with Gasteiger partial charge in [0.2, 0.25) is 0 Å². The van der Waals surface area contributed by atoms with Gasteiger partial charge in [0.1, 0.15) is 0 Å². The van der Waals surface area contributed by atoms with Gasteiger partial charge in [0, 0.05) is 4.75 Å². The van der Waals surface area contributed by atoms with Crippen molar-refractivity contribution < 1.29 is 0 Å². The van der Waals surface area contributed by atoms with Crippen LogP contribution in [0.5, 0.6) is 0 Å². The minimum atomic E-state index is 0.435. The lowest BCUT2D eigenvalue weighted by atomic mass is 9.93. The molecule has 0 spiro atoms. The predicted octanol–water partition coefficient (Wildman–Crippen LogP) is 4.57. The molecule has 0 aromatic rings. The van der Waals surface area contributed by atoms with Crippen molar-refractivity contribution in [2.24, 2.45) is 17.8 Å². The van der Waals surface area contributed by atoms with E-state index in [1.807, 2.05) is 0 Å². The van der Waals surface area contributed by atoms with E-state index in [2.05, 4.69) is 51.7 Å². The van der Waals surface area contributed by atoms with E-state index in [9.17, 15) is 0 Å². The molecule has 2 atom stereocenters. The van der Waals surface area contributed by atoms with Gasteiger partial charge in [0.25, 0.3) is 0 Å². The van der Waals surface area contributed by atoms with Gasteiger partial charge in [-0.2, -0.15) is 11.8 Å². The topological polar surface area (TPSA) is 12.0 Å². The highest BCUT2D eigenvalue weighted by Gasteiger charge is 2.26.